The third kappa shape index (κ3) is 13.2. The van der Waals surface area contributed by atoms with Crippen molar-refractivity contribution in [1.29, 1.82) is 0 Å². The van der Waals surface area contributed by atoms with Crippen molar-refractivity contribution in [2.24, 2.45) is 0 Å². The second kappa shape index (κ2) is 32.5. The molecule has 0 atom stereocenters. The normalized spacial score (nSPS) is 11.9. The average Bonchev–Trinajstić information content (AvgIpc) is 1.20. The highest BCUT2D eigenvalue weighted by Crippen LogP contribution is 2.49. The summed E-state index contributed by atoms with van der Waals surface area (Å²) in [7, 11) is 0. The van der Waals surface area contributed by atoms with Gasteiger partial charge in [-0.15, -0.1) is 0 Å². The van der Waals surface area contributed by atoms with Crippen LogP contribution in [-0.2, 0) is 0 Å². The van der Waals surface area contributed by atoms with Gasteiger partial charge in [-0.25, -0.2) is 29.9 Å². The monoisotopic (exact) mass is 1780 g/mol. The van der Waals surface area contributed by atoms with E-state index in [1.807, 2.05) is 72.8 Å². The van der Waals surface area contributed by atoms with Crippen molar-refractivity contribution in [2.75, 3.05) is 0 Å². The first-order valence-corrected chi connectivity index (χ1v) is 47.6. The number of aromatic nitrogens is 6. The van der Waals surface area contributed by atoms with Gasteiger partial charge >= 0.3 is 0 Å². The van der Waals surface area contributed by atoms with E-state index < -0.39 is 0 Å². The summed E-state index contributed by atoms with van der Waals surface area (Å²) >= 11 is 0. The molecule has 30 aromatic rings. The van der Waals surface area contributed by atoms with Gasteiger partial charge in [0.05, 0.1) is 67.3 Å². The molecule has 5 heterocycles. The van der Waals surface area contributed by atoms with Crippen molar-refractivity contribution in [2.45, 2.75) is 0 Å². The second-order valence-corrected chi connectivity index (χ2v) is 36.4. The minimum Gasteiger partial charge on any atom is -0.456 e. The quantitative estimate of drug-likeness (QED) is 0.139. The Morgan fingerprint density at radius 3 is 1.04 bits per heavy atom. The number of benzene rings is 25. The molecule has 0 bridgehead atoms. The number of para-hydroxylation sites is 4. The van der Waals surface area contributed by atoms with Crippen molar-refractivity contribution in [1.82, 2.24) is 29.9 Å². The summed E-state index contributed by atoms with van der Waals surface area (Å²) in [5, 5.41) is 34.2. The summed E-state index contributed by atoms with van der Waals surface area (Å²) in [6, 6.07) is 168. The first kappa shape index (κ1) is 79.8. The fraction of sp³-hybridized carbons (Fsp3) is 0. The van der Waals surface area contributed by atoms with Gasteiger partial charge in [0.2, 0.25) is 0 Å². The van der Waals surface area contributed by atoms with Crippen LogP contribution < -0.4 is 0 Å². The van der Waals surface area contributed by atoms with Crippen molar-refractivity contribution in [3.05, 3.63) is 473 Å². The summed E-state index contributed by atoms with van der Waals surface area (Å²) in [6.07, 6.45) is 0. The Bertz CT molecular complexity index is 10400. The van der Waals surface area contributed by atoms with Crippen molar-refractivity contribution < 1.29 is 8.83 Å². The van der Waals surface area contributed by atoms with Gasteiger partial charge in [0.25, 0.3) is 0 Å². The Kier molecular flexibility index (Phi) is 18.5. The van der Waals surface area contributed by atoms with E-state index in [4.69, 9.17) is 38.7 Å². The van der Waals surface area contributed by atoms with Crippen molar-refractivity contribution in [3.63, 3.8) is 0 Å². The van der Waals surface area contributed by atoms with Crippen LogP contribution in [0.15, 0.2) is 482 Å². The molecule has 648 valence electrons. The van der Waals surface area contributed by atoms with Gasteiger partial charge in [-0.1, -0.05) is 388 Å². The Morgan fingerprint density at radius 2 is 0.457 bits per heavy atom. The molecular weight excluding hydrogens is 1700 g/mol. The molecule has 0 N–H and O–H groups in total. The zero-order chi connectivity index (χ0) is 92.0. The van der Waals surface area contributed by atoms with Crippen molar-refractivity contribution >= 4 is 206 Å². The van der Waals surface area contributed by atoms with E-state index in [0.29, 0.717) is 0 Å². The lowest BCUT2D eigenvalue weighted by Gasteiger charge is -2.16. The fourth-order valence-electron chi connectivity index (χ4n) is 22.0. The van der Waals surface area contributed by atoms with Crippen LogP contribution >= 0.6 is 0 Å². The molecule has 25 aromatic carbocycles. The van der Waals surface area contributed by atoms with E-state index in [1.165, 1.54) is 135 Å². The zero-order valence-electron chi connectivity index (χ0n) is 75.5. The van der Waals surface area contributed by atoms with Gasteiger partial charge in [0.1, 0.15) is 22.3 Å². The molecule has 0 aliphatic heterocycles. The van der Waals surface area contributed by atoms with E-state index in [9.17, 15) is 0 Å². The van der Waals surface area contributed by atoms with Crippen LogP contribution in [0.1, 0.15) is 0 Å². The lowest BCUT2D eigenvalue weighted by Crippen LogP contribution is -1.97. The average molecular weight is 1780 g/mol. The molecule has 30 rings (SSSR count). The number of fused-ring (bicyclic) bond motifs is 30. The molecule has 0 radical (unpaired) electrons. The van der Waals surface area contributed by atoms with E-state index in [1.54, 1.807) is 0 Å². The maximum absolute atomic E-state index is 6.32. The van der Waals surface area contributed by atoms with Gasteiger partial charge < -0.3 is 8.83 Å². The number of furan rings is 2. The molecule has 0 amide bonds. The molecule has 0 aliphatic carbocycles. The Labute approximate surface area is 802 Å². The molecule has 0 saturated heterocycles. The number of hydrogen-bond acceptors (Lipinski definition) is 8. The third-order valence-corrected chi connectivity index (χ3v) is 28.5. The molecule has 0 unspecified atom stereocenters. The fourth-order valence-corrected chi connectivity index (χ4v) is 22.0. The maximum Gasteiger partial charge on any atom is 0.136 e. The zero-order valence-corrected chi connectivity index (χ0v) is 75.5. The first-order chi connectivity index (χ1) is 69.4. The van der Waals surface area contributed by atoms with Crippen LogP contribution in [0.2, 0.25) is 0 Å². The van der Waals surface area contributed by atoms with Crippen LogP contribution in [0.3, 0.4) is 0 Å². The highest BCUT2D eigenvalue weighted by Gasteiger charge is 2.26. The van der Waals surface area contributed by atoms with Gasteiger partial charge in [-0.05, 0) is 236 Å². The van der Waals surface area contributed by atoms with E-state index in [-0.39, 0.29) is 0 Å². The number of rotatable bonds is 8. The van der Waals surface area contributed by atoms with Gasteiger partial charge in [-0.2, -0.15) is 0 Å². The lowest BCUT2D eigenvalue weighted by molar-refractivity contribution is 0.668. The Morgan fingerprint density at radius 1 is 0.121 bits per heavy atom. The van der Waals surface area contributed by atoms with Crippen LogP contribution in [0.4, 0.5) is 0 Å². The molecule has 0 saturated carbocycles. The van der Waals surface area contributed by atoms with E-state index in [0.717, 1.165) is 161 Å². The minimum absolute atomic E-state index is 0.843. The summed E-state index contributed by atoms with van der Waals surface area (Å²) in [6.45, 7) is 0. The molecule has 8 nitrogen and oxygen atoms in total. The molecule has 0 aliphatic rings. The summed E-state index contributed by atoms with van der Waals surface area (Å²) in [4.78, 5) is 31.9. The molecule has 5 aromatic heterocycles. The molecule has 0 fully saturated rings. The van der Waals surface area contributed by atoms with Gasteiger partial charge in [0.15, 0.2) is 0 Å². The summed E-state index contributed by atoms with van der Waals surface area (Å²) in [5.41, 5.74) is 24.7. The minimum atomic E-state index is 0.843. The lowest BCUT2D eigenvalue weighted by atomic mass is 9.89. The van der Waals surface area contributed by atoms with Crippen LogP contribution in [-0.4, -0.2) is 29.9 Å². The van der Waals surface area contributed by atoms with Crippen LogP contribution in [0.5, 0.6) is 0 Å². The predicted molar refractivity (Wildman–Crippen MR) is 587 cm³/mol. The van der Waals surface area contributed by atoms with Gasteiger partial charge in [-0.3, -0.25) is 0 Å². The molecule has 140 heavy (non-hydrogen) atoms. The second-order valence-electron chi connectivity index (χ2n) is 36.4. The largest absolute Gasteiger partial charge is 0.456 e. The standard InChI is InChI=1S/C48H28N2O.C42H24N2O.C42H26N2/c1-2-11-31(12-3-1)47-48(33-22-25-45-40(26-33)38-16-8-9-17-44(38)51-45)49-42-24-21-32(27-43(42)50-47)39-28-41-37(35-14-6-7-15-36(35)39)23-20-30-19-18-29-10-4-5-13-34(29)46(30)41;1-2-11-27-25(10-1)20-21-26-22-23-30-28-12-3-4-13-29(28)34(24-33(30)39(26)27)42-41(43-35-16-6-7-17-36(35)44-42)32-15-9-19-38-40(32)31-14-5-8-18-37(31)45-38;1-3-11-30(12-4-1)41-42(31-13-5-2-6-14-31)44-38-26-32(22-25-37(38)43-41)34-17-9-15-28-18-19-29-21-23-35-33-16-8-7-10-27(33)20-24-36(35)40(29)39(28)34/h1-28H;1-24H;1-26H. The molecule has 8 heteroatoms. The van der Waals surface area contributed by atoms with Crippen LogP contribution in [0, 0.1) is 0 Å². The molecule has 0 spiro atoms. The van der Waals surface area contributed by atoms with Crippen LogP contribution in [0.25, 0.3) is 296 Å². The highest BCUT2D eigenvalue weighted by molar-refractivity contribution is 6.31. The SMILES string of the molecule is c1ccc(-c2nc3cc(-c4cc5c(ccc6ccc7ccccc7c65)c5ccccc45)ccc3nc2-c2ccc3oc4ccccc4c3c2)cc1.c1ccc(-c2nc3ccc(-c4cccc5ccc6ccc7c8ccccc8ccc7c6c45)cc3nc2-c2ccccc2)cc1.c1ccc2c(c1)ccc1ccc3c4ccccc4c(-c4nc5ccccc5nc4-c4cccc5oc6ccccc6c45)cc3c12. The predicted octanol–water partition coefficient (Wildman–Crippen LogP) is 35.9. The maximum atomic E-state index is 6.32. The Hall–Kier alpha value is -18.8. The van der Waals surface area contributed by atoms with Gasteiger partial charge in [0, 0.05) is 54.9 Å². The Balaban J connectivity index is 0.000000103. The van der Waals surface area contributed by atoms with E-state index in [2.05, 4.69) is 400 Å². The number of hydrogen-bond donors (Lipinski definition) is 0. The third-order valence-electron chi connectivity index (χ3n) is 28.5. The van der Waals surface area contributed by atoms with E-state index >= 15 is 0 Å². The first-order valence-electron chi connectivity index (χ1n) is 47.6. The number of nitrogens with zero attached hydrogens (tertiary/aromatic N) is 6. The topological polar surface area (TPSA) is 104 Å². The molecular formula is C132H78N6O2. The summed E-state index contributed by atoms with van der Waals surface area (Å²) < 4.78 is 12.5. The smallest absolute Gasteiger partial charge is 0.136 e. The summed E-state index contributed by atoms with van der Waals surface area (Å²) in [5.74, 6) is 0. The highest BCUT2D eigenvalue weighted by atomic mass is 16.3. The van der Waals surface area contributed by atoms with Crippen molar-refractivity contribution in [3.8, 4) is 89.8 Å².